The molecule has 0 bridgehead atoms. The van der Waals surface area contributed by atoms with Gasteiger partial charge in [0.15, 0.2) is 0 Å². The third kappa shape index (κ3) is 1.35. The summed E-state index contributed by atoms with van der Waals surface area (Å²) in [5.74, 6) is 0.279. The van der Waals surface area contributed by atoms with Gasteiger partial charge in [-0.3, -0.25) is 0 Å². The molecule has 0 aliphatic rings. The monoisotopic (exact) mass is 189 g/mol. The summed E-state index contributed by atoms with van der Waals surface area (Å²) < 4.78 is 1.71. The molecule has 1 aromatic heterocycles. The van der Waals surface area contributed by atoms with Crippen LogP contribution in [0, 0.1) is 6.92 Å². The van der Waals surface area contributed by atoms with Crippen LogP contribution in [-0.2, 0) is 7.05 Å². The van der Waals surface area contributed by atoms with Gasteiger partial charge in [-0.2, -0.15) is 0 Å². The zero-order valence-electron chi connectivity index (χ0n) is 8.10. The molecule has 0 unspecified atom stereocenters. The number of aryl methyl sites for hydroxylation is 2. The average Bonchev–Trinajstić information content (AvgIpc) is 2.52. The highest BCUT2D eigenvalue weighted by atomic mass is 16.3. The average molecular weight is 189 g/mol. The minimum atomic E-state index is 0.279. The second kappa shape index (κ2) is 3.14. The summed E-state index contributed by atoms with van der Waals surface area (Å²) in [7, 11) is 1.84. The number of hydrogen-bond acceptors (Lipinski definition) is 3. The summed E-state index contributed by atoms with van der Waals surface area (Å²) in [6.07, 6.45) is 1.71. The lowest BCUT2D eigenvalue weighted by Gasteiger charge is -2.05. The molecular weight excluding hydrogens is 178 g/mol. The maximum absolute atomic E-state index is 9.27. The molecule has 0 fully saturated rings. The molecule has 0 radical (unpaired) electrons. The van der Waals surface area contributed by atoms with Crippen LogP contribution in [0.25, 0.3) is 11.3 Å². The van der Waals surface area contributed by atoms with Crippen molar-refractivity contribution in [2.24, 2.45) is 7.05 Å². The molecule has 0 saturated carbocycles. The van der Waals surface area contributed by atoms with Crippen molar-refractivity contribution in [1.29, 1.82) is 0 Å². The molecule has 2 rings (SSSR count). The van der Waals surface area contributed by atoms with Crippen molar-refractivity contribution in [3.63, 3.8) is 0 Å². The Balaban J connectivity index is 2.58. The summed E-state index contributed by atoms with van der Waals surface area (Å²) in [6.45, 7) is 1.95. The Hall–Kier alpha value is -1.84. The van der Waals surface area contributed by atoms with Crippen molar-refractivity contribution < 1.29 is 5.11 Å². The molecule has 1 N–H and O–H groups in total. The van der Waals surface area contributed by atoms with E-state index in [0.29, 0.717) is 0 Å². The molecule has 0 amide bonds. The molecule has 0 aliphatic heterocycles. The van der Waals surface area contributed by atoms with E-state index in [4.69, 9.17) is 0 Å². The van der Waals surface area contributed by atoms with E-state index in [-0.39, 0.29) is 5.75 Å². The fraction of sp³-hybridized carbons (Fsp3) is 0.200. The molecule has 1 aromatic carbocycles. The fourth-order valence-corrected chi connectivity index (χ4v) is 1.47. The zero-order chi connectivity index (χ0) is 10.1. The highest BCUT2D eigenvalue weighted by molar-refractivity contribution is 5.63. The smallest absolute Gasteiger partial charge is 0.115 e. The van der Waals surface area contributed by atoms with E-state index >= 15 is 0 Å². The van der Waals surface area contributed by atoms with E-state index in [0.717, 1.165) is 16.8 Å². The van der Waals surface area contributed by atoms with Crippen molar-refractivity contribution in [3.05, 3.63) is 30.0 Å². The Morgan fingerprint density at radius 2 is 2.14 bits per heavy atom. The van der Waals surface area contributed by atoms with Gasteiger partial charge in [-0.25, -0.2) is 4.68 Å². The quantitative estimate of drug-likeness (QED) is 0.739. The summed E-state index contributed by atoms with van der Waals surface area (Å²) in [5.41, 5.74) is 2.99. The van der Waals surface area contributed by atoms with E-state index in [1.807, 2.05) is 20.0 Å². The Bertz CT molecular complexity index is 462. The summed E-state index contributed by atoms with van der Waals surface area (Å²) >= 11 is 0. The van der Waals surface area contributed by atoms with Gasteiger partial charge in [0.05, 0.1) is 11.9 Å². The number of nitrogens with zero attached hydrogens (tertiary/aromatic N) is 3. The van der Waals surface area contributed by atoms with Crippen LogP contribution in [0.3, 0.4) is 0 Å². The normalized spacial score (nSPS) is 10.4. The molecule has 4 heteroatoms. The van der Waals surface area contributed by atoms with Gasteiger partial charge in [-0.15, -0.1) is 5.10 Å². The number of aromatic hydroxyl groups is 1. The predicted molar refractivity (Wildman–Crippen MR) is 52.8 cm³/mol. The van der Waals surface area contributed by atoms with Crippen LogP contribution in [0.5, 0.6) is 5.75 Å². The van der Waals surface area contributed by atoms with E-state index in [9.17, 15) is 5.11 Å². The molecule has 1 heterocycles. The Morgan fingerprint density at radius 1 is 1.36 bits per heavy atom. The van der Waals surface area contributed by atoms with Gasteiger partial charge >= 0.3 is 0 Å². The summed E-state index contributed by atoms with van der Waals surface area (Å²) in [4.78, 5) is 0. The van der Waals surface area contributed by atoms with Crippen molar-refractivity contribution >= 4 is 0 Å². The van der Waals surface area contributed by atoms with Crippen molar-refractivity contribution in [2.45, 2.75) is 6.92 Å². The first-order valence-corrected chi connectivity index (χ1v) is 4.33. The number of phenolic OH excluding ortho intramolecular Hbond substituents is 1. The lowest BCUT2D eigenvalue weighted by Crippen LogP contribution is -1.94. The Kier molecular flexibility index (Phi) is 1.96. The SMILES string of the molecule is Cc1cc(O)ccc1-c1cnnn1C. The topological polar surface area (TPSA) is 50.9 Å². The van der Waals surface area contributed by atoms with Crippen LogP contribution in [-0.4, -0.2) is 20.1 Å². The number of benzene rings is 1. The summed E-state index contributed by atoms with van der Waals surface area (Å²) in [6, 6.07) is 5.25. The number of rotatable bonds is 1. The van der Waals surface area contributed by atoms with Crippen LogP contribution >= 0.6 is 0 Å². The second-order valence-electron chi connectivity index (χ2n) is 3.24. The highest BCUT2D eigenvalue weighted by Gasteiger charge is 2.06. The van der Waals surface area contributed by atoms with E-state index < -0.39 is 0 Å². The first-order valence-electron chi connectivity index (χ1n) is 4.33. The fourth-order valence-electron chi connectivity index (χ4n) is 1.47. The first-order chi connectivity index (χ1) is 6.68. The highest BCUT2D eigenvalue weighted by Crippen LogP contribution is 2.24. The van der Waals surface area contributed by atoms with E-state index in [2.05, 4.69) is 10.3 Å². The molecule has 2 aromatic rings. The first kappa shape index (κ1) is 8.74. The van der Waals surface area contributed by atoms with Gasteiger partial charge in [0.1, 0.15) is 5.75 Å². The third-order valence-electron chi connectivity index (χ3n) is 2.20. The molecular formula is C10H11N3O. The largest absolute Gasteiger partial charge is 0.508 e. The van der Waals surface area contributed by atoms with Crippen molar-refractivity contribution in [3.8, 4) is 17.0 Å². The Labute approximate surface area is 81.8 Å². The maximum Gasteiger partial charge on any atom is 0.115 e. The zero-order valence-corrected chi connectivity index (χ0v) is 8.10. The molecule has 4 nitrogen and oxygen atoms in total. The number of phenols is 1. The maximum atomic E-state index is 9.27. The molecule has 0 aliphatic carbocycles. The van der Waals surface area contributed by atoms with E-state index in [1.165, 1.54) is 0 Å². The van der Waals surface area contributed by atoms with Gasteiger partial charge in [0.2, 0.25) is 0 Å². The molecule has 14 heavy (non-hydrogen) atoms. The van der Waals surface area contributed by atoms with Gasteiger partial charge < -0.3 is 5.11 Å². The standard InChI is InChI=1S/C10H11N3O/c1-7-5-8(14)3-4-9(7)10-6-11-12-13(10)2/h3-6,14H,1-2H3. The summed E-state index contributed by atoms with van der Waals surface area (Å²) in [5, 5.41) is 16.9. The van der Waals surface area contributed by atoms with Gasteiger partial charge in [-0.05, 0) is 30.7 Å². The minimum absolute atomic E-state index is 0.279. The van der Waals surface area contributed by atoms with Crippen LogP contribution in [0.1, 0.15) is 5.56 Å². The molecule has 0 spiro atoms. The van der Waals surface area contributed by atoms with Crippen LogP contribution < -0.4 is 0 Å². The van der Waals surface area contributed by atoms with Gasteiger partial charge in [0.25, 0.3) is 0 Å². The van der Waals surface area contributed by atoms with Crippen molar-refractivity contribution in [1.82, 2.24) is 15.0 Å². The molecule has 0 atom stereocenters. The third-order valence-corrected chi connectivity index (χ3v) is 2.20. The van der Waals surface area contributed by atoms with Crippen molar-refractivity contribution in [2.75, 3.05) is 0 Å². The molecule has 72 valence electrons. The van der Waals surface area contributed by atoms with E-state index in [1.54, 1.807) is 23.0 Å². The number of aromatic nitrogens is 3. The predicted octanol–water partition coefficient (Wildman–Crippen LogP) is 1.50. The van der Waals surface area contributed by atoms with Gasteiger partial charge in [-0.1, -0.05) is 5.21 Å². The number of hydrogen-bond donors (Lipinski definition) is 1. The minimum Gasteiger partial charge on any atom is -0.508 e. The van der Waals surface area contributed by atoms with Gasteiger partial charge in [0, 0.05) is 12.6 Å². The second-order valence-corrected chi connectivity index (χ2v) is 3.24. The Morgan fingerprint density at radius 3 is 2.71 bits per heavy atom. The lowest BCUT2D eigenvalue weighted by molar-refractivity contribution is 0.475. The van der Waals surface area contributed by atoms with Crippen LogP contribution in [0.4, 0.5) is 0 Å². The van der Waals surface area contributed by atoms with Crippen LogP contribution in [0.15, 0.2) is 24.4 Å². The molecule has 0 saturated heterocycles. The lowest BCUT2D eigenvalue weighted by atomic mass is 10.1. The van der Waals surface area contributed by atoms with Crippen LogP contribution in [0.2, 0.25) is 0 Å².